The Labute approximate surface area is 145 Å². The smallest absolute Gasteiger partial charge is 0.255 e. The highest BCUT2D eigenvalue weighted by molar-refractivity contribution is 6.05. The largest absolute Gasteiger partial charge is 0.395 e. The summed E-state index contributed by atoms with van der Waals surface area (Å²) in [6, 6.07) is 4.73. The van der Waals surface area contributed by atoms with E-state index in [1.165, 1.54) is 4.90 Å². The van der Waals surface area contributed by atoms with Gasteiger partial charge in [-0.1, -0.05) is 18.2 Å². The third-order valence-electron chi connectivity index (χ3n) is 4.72. The van der Waals surface area contributed by atoms with Gasteiger partial charge in [0, 0.05) is 37.7 Å². The molecule has 1 saturated heterocycles. The van der Waals surface area contributed by atoms with Crippen LogP contribution in [0.1, 0.15) is 34.3 Å². The van der Waals surface area contributed by atoms with Crippen molar-refractivity contribution >= 4 is 17.7 Å². The van der Waals surface area contributed by atoms with Crippen LogP contribution in [-0.4, -0.2) is 53.0 Å². The normalized spacial score (nSPS) is 21.3. The van der Waals surface area contributed by atoms with E-state index in [9.17, 15) is 19.5 Å². The van der Waals surface area contributed by atoms with Gasteiger partial charge in [-0.05, 0) is 17.5 Å². The van der Waals surface area contributed by atoms with Crippen molar-refractivity contribution in [3.63, 3.8) is 0 Å². The number of benzene rings is 1. The number of nitrogens with one attached hydrogen (secondary N) is 2. The van der Waals surface area contributed by atoms with Gasteiger partial charge in [0.1, 0.15) is 6.04 Å². The van der Waals surface area contributed by atoms with Gasteiger partial charge in [0.05, 0.1) is 6.61 Å². The van der Waals surface area contributed by atoms with Crippen molar-refractivity contribution in [2.45, 2.75) is 38.0 Å². The molecule has 134 valence electrons. The number of aliphatic hydroxyl groups is 1. The predicted octanol–water partition coefficient (Wildman–Crippen LogP) is -1.14. The fourth-order valence-corrected chi connectivity index (χ4v) is 3.31. The Bertz CT molecular complexity index is 702. The van der Waals surface area contributed by atoms with E-state index < -0.39 is 11.9 Å². The van der Waals surface area contributed by atoms with Gasteiger partial charge in [0.15, 0.2) is 0 Å². The van der Waals surface area contributed by atoms with Crippen LogP contribution in [-0.2, 0) is 22.7 Å². The second kappa shape index (κ2) is 7.30. The van der Waals surface area contributed by atoms with Crippen molar-refractivity contribution in [3.8, 4) is 0 Å². The third-order valence-corrected chi connectivity index (χ3v) is 4.72. The number of nitrogens with zero attached hydrogens (tertiary/aromatic N) is 1. The summed E-state index contributed by atoms with van der Waals surface area (Å²) in [5.74, 6) is -0.914. The molecule has 1 fully saturated rings. The number of fused-ring (bicyclic) bond motifs is 1. The zero-order chi connectivity index (χ0) is 18.0. The maximum absolute atomic E-state index is 12.9. The van der Waals surface area contributed by atoms with Crippen LogP contribution < -0.4 is 16.4 Å². The number of aliphatic hydroxyl groups excluding tert-OH is 1. The first-order valence-electron chi connectivity index (χ1n) is 8.35. The Kier molecular flexibility index (Phi) is 5.12. The van der Waals surface area contributed by atoms with Gasteiger partial charge in [-0.25, -0.2) is 0 Å². The number of hydrogen-bond acceptors (Lipinski definition) is 6. The zero-order valence-corrected chi connectivity index (χ0v) is 13.8. The number of carbonyl (C=O) groups is 3. The SMILES string of the molecule is NC[C@H](CO)NCc1cccc2c1C(=O)N(C1CCC(=O)NC1=O)C2. The first kappa shape index (κ1) is 17.5. The summed E-state index contributed by atoms with van der Waals surface area (Å²) in [6.45, 7) is 0.971. The fourth-order valence-electron chi connectivity index (χ4n) is 3.31. The van der Waals surface area contributed by atoms with E-state index in [-0.39, 0.29) is 30.9 Å². The van der Waals surface area contributed by atoms with Crippen LogP contribution >= 0.6 is 0 Å². The predicted molar refractivity (Wildman–Crippen MR) is 89.3 cm³/mol. The molecule has 1 aromatic rings. The van der Waals surface area contributed by atoms with Gasteiger partial charge < -0.3 is 21.1 Å². The molecule has 3 amide bonds. The van der Waals surface area contributed by atoms with Crippen LogP contribution in [0.5, 0.6) is 0 Å². The van der Waals surface area contributed by atoms with Crippen molar-refractivity contribution in [1.82, 2.24) is 15.5 Å². The third kappa shape index (κ3) is 3.41. The molecule has 1 unspecified atom stereocenters. The summed E-state index contributed by atoms with van der Waals surface area (Å²) in [6.07, 6.45) is 0.581. The molecule has 0 aliphatic carbocycles. The van der Waals surface area contributed by atoms with E-state index in [2.05, 4.69) is 10.6 Å². The zero-order valence-electron chi connectivity index (χ0n) is 13.8. The molecule has 2 aliphatic heterocycles. The second-order valence-corrected chi connectivity index (χ2v) is 6.35. The summed E-state index contributed by atoms with van der Waals surface area (Å²) in [7, 11) is 0. The quantitative estimate of drug-likeness (QED) is 0.483. The molecule has 3 rings (SSSR count). The minimum Gasteiger partial charge on any atom is -0.395 e. The van der Waals surface area contributed by atoms with Gasteiger partial charge in [0.25, 0.3) is 5.91 Å². The molecule has 5 N–H and O–H groups in total. The van der Waals surface area contributed by atoms with Crippen molar-refractivity contribution < 1.29 is 19.5 Å². The van der Waals surface area contributed by atoms with Gasteiger partial charge in [0.2, 0.25) is 11.8 Å². The summed E-state index contributed by atoms with van der Waals surface area (Å²) in [5, 5.41) is 14.6. The topological polar surface area (TPSA) is 125 Å². The van der Waals surface area contributed by atoms with Gasteiger partial charge in [-0.2, -0.15) is 0 Å². The van der Waals surface area contributed by atoms with Crippen molar-refractivity contribution in [2.75, 3.05) is 13.2 Å². The average molecular weight is 346 g/mol. The maximum atomic E-state index is 12.9. The van der Waals surface area contributed by atoms with E-state index in [0.29, 0.717) is 31.6 Å². The molecule has 0 radical (unpaired) electrons. The summed E-state index contributed by atoms with van der Waals surface area (Å²) >= 11 is 0. The minimum absolute atomic E-state index is 0.0815. The Morgan fingerprint density at radius 2 is 2.16 bits per heavy atom. The number of rotatable bonds is 6. The molecule has 2 atom stereocenters. The molecule has 0 spiro atoms. The van der Waals surface area contributed by atoms with Crippen molar-refractivity contribution in [2.24, 2.45) is 5.73 Å². The first-order valence-corrected chi connectivity index (χ1v) is 8.35. The molecule has 1 aromatic carbocycles. The lowest BCUT2D eigenvalue weighted by Crippen LogP contribution is -2.52. The van der Waals surface area contributed by atoms with Gasteiger partial charge >= 0.3 is 0 Å². The highest BCUT2D eigenvalue weighted by atomic mass is 16.3. The molecule has 25 heavy (non-hydrogen) atoms. The van der Waals surface area contributed by atoms with Crippen LogP contribution in [0.2, 0.25) is 0 Å². The first-order chi connectivity index (χ1) is 12.0. The van der Waals surface area contributed by atoms with Crippen LogP contribution in [0.3, 0.4) is 0 Å². The number of nitrogens with two attached hydrogens (primary N) is 1. The molecule has 8 nitrogen and oxygen atoms in total. The minimum atomic E-state index is -0.618. The summed E-state index contributed by atoms with van der Waals surface area (Å²) in [4.78, 5) is 37.8. The average Bonchev–Trinajstić information content (AvgIpc) is 2.93. The van der Waals surface area contributed by atoms with Crippen molar-refractivity contribution in [1.29, 1.82) is 0 Å². The second-order valence-electron chi connectivity index (χ2n) is 6.35. The highest BCUT2D eigenvalue weighted by Crippen LogP contribution is 2.29. The lowest BCUT2D eigenvalue weighted by atomic mass is 10.0. The molecule has 2 aliphatic rings. The standard InChI is InChI=1S/C17H22N4O4/c18-6-12(9-22)19-7-10-2-1-3-11-8-21(17(25)15(10)11)13-4-5-14(23)20-16(13)24/h1-3,12-13,19,22H,4-9,18H2,(H,20,23,24)/t12-,13?/m1/s1. The van der Waals surface area contributed by atoms with Crippen LogP contribution in [0.25, 0.3) is 0 Å². The molecular formula is C17H22N4O4. The summed E-state index contributed by atoms with van der Waals surface area (Å²) < 4.78 is 0. The highest BCUT2D eigenvalue weighted by Gasteiger charge is 2.39. The molecular weight excluding hydrogens is 324 g/mol. The molecule has 0 saturated carbocycles. The Morgan fingerprint density at radius 3 is 2.84 bits per heavy atom. The molecule has 0 bridgehead atoms. The monoisotopic (exact) mass is 346 g/mol. The number of amides is 3. The Hall–Kier alpha value is -2.29. The number of hydrogen-bond donors (Lipinski definition) is 4. The fraction of sp³-hybridized carbons (Fsp3) is 0.471. The number of imide groups is 1. The number of carbonyl (C=O) groups excluding carboxylic acids is 3. The van der Waals surface area contributed by atoms with Crippen LogP contribution in [0, 0.1) is 0 Å². The van der Waals surface area contributed by atoms with Gasteiger partial charge in [-0.15, -0.1) is 0 Å². The molecule has 0 aromatic heterocycles. The Morgan fingerprint density at radius 1 is 1.36 bits per heavy atom. The van der Waals surface area contributed by atoms with Crippen LogP contribution in [0.4, 0.5) is 0 Å². The molecule has 8 heteroatoms. The lowest BCUT2D eigenvalue weighted by Gasteiger charge is -2.29. The van der Waals surface area contributed by atoms with Crippen LogP contribution in [0.15, 0.2) is 18.2 Å². The van der Waals surface area contributed by atoms with Crippen molar-refractivity contribution in [3.05, 3.63) is 34.9 Å². The molecule has 2 heterocycles. The van der Waals surface area contributed by atoms with E-state index in [4.69, 9.17) is 5.73 Å². The lowest BCUT2D eigenvalue weighted by molar-refractivity contribution is -0.136. The maximum Gasteiger partial charge on any atom is 0.255 e. The van der Waals surface area contributed by atoms with E-state index in [1.807, 2.05) is 18.2 Å². The number of piperidine rings is 1. The van der Waals surface area contributed by atoms with E-state index in [1.54, 1.807) is 0 Å². The Balaban J connectivity index is 1.78. The van der Waals surface area contributed by atoms with Gasteiger partial charge in [-0.3, -0.25) is 19.7 Å². The summed E-state index contributed by atoms with van der Waals surface area (Å²) in [5.41, 5.74) is 7.83. The van der Waals surface area contributed by atoms with E-state index in [0.717, 1.165) is 11.1 Å². The van der Waals surface area contributed by atoms with E-state index >= 15 is 0 Å².